The third-order valence-electron chi connectivity index (χ3n) is 4.97. The first-order chi connectivity index (χ1) is 9.76. The van der Waals surface area contributed by atoms with Crippen LogP contribution in [0.1, 0.15) is 49.8 Å². The van der Waals surface area contributed by atoms with Crippen molar-refractivity contribution in [1.82, 2.24) is 10.2 Å². The van der Waals surface area contributed by atoms with E-state index in [1.165, 1.54) is 44.2 Å². The van der Waals surface area contributed by atoms with Crippen molar-refractivity contribution in [3.63, 3.8) is 0 Å². The molecule has 1 aliphatic carbocycles. The molecule has 3 rings (SSSR count). The summed E-state index contributed by atoms with van der Waals surface area (Å²) in [5.41, 5.74) is 4.70. The molecule has 1 fully saturated rings. The van der Waals surface area contributed by atoms with Gasteiger partial charge in [-0.2, -0.15) is 0 Å². The van der Waals surface area contributed by atoms with Crippen LogP contribution < -0.4 is 5.32 Å². The van der Waals surface area contributed by atoms with Gasteiger partial charge in [0.05, 0.1) is 0 Å². The van der Waals surface area contributed by atoms with E-state index < -0.39 is 0 Å². The summed E-state index contributed by atoms with van der Waals surface area (Å²) in [6.45, 7) is 8.09. The third kappa shape index (κ3) is 3.07. The Kier molecular flexibility index (Phi) is 4.42. The number of hydrogen-bond acceptors (Lipinski definition) is 2. The van der Waals surface area contributed by atoms with Crippen LogP contribution in [0.4, 0.5) is 0 Å². The first-order valence-corrected chi connectivity index (χ1v) is 8.34. The Hall–Kier alpha value is -0.860. The van der Waals surface area contributed by atoms with Crippen LogP contribution in [-0.2, 0) is 19.4 Å². The molecule has 1 aromatic carbocycles. The highest BCUT2D eigenvalue weighted by Gasteiger charge is 2.24. The molecule has 1 aliphatic heterocycles. The van der Waals surface area contributed by atoms with Crippen molar-refractivity contribution in [3.05, 3.63) is 34.9 Å². The maximum Gasteiger partial charge on any atom is 0.0237 e. The molecule has 110 valence electrons. The Bertz CT molecular complexity index is 455. The number of nitrogens with zero attached hydrogens (tertiary/aromatic N) is 1. The van der Waals surface area contributed by atoms with Crippen molar-refractivity contribution < 1.29 is 0 Å². The predicted molar refractivity (Wildman–Crippen MR) is 85.0 cm³/mol. The molecule has 1 N–H and O–H groups in total. The Labute approximate surface area is 123 Å². The van der Waals surface area contributed by atoms with Crippen molar-refractivity contribution in [2.75, 3.05) is 13.1 Å². The smallest absolute Gasteiger partial charge is 0.0237 e. The molecule has 0 bridgehead atoms. The van der Waals surface area contributed by atoms with Gasteiger partial charge in [0, 0.05) is 31.7 Å². The van der Waals surface area contributed by atoms with E-state index in [0.29, 0.717) is 12.1 Å². The van der Waals surface area contributed by atoms with E-state index in [1.54, 1.807) is 11.1 Å². The summed E-state index contributed by atoms with van der Waals surface area (Å²) < 4.78 is 0. The van der Waals surface area contributed by atoms with Gasteiger partial charge in [-0.3, -0.25) is 4.90 Å². The first-order valence-electron chi connectivity index (χ1n) is 8.34. The fourth-order valence-corrected chi connectivity index (χ4v) is 3.71. The molecular weight excluding hydrogens is 244 g/mol. The molecule has 2 aliphatic rings. The van der Waals surface area contributed by atoms with Gasteiger partial charge in [-0.15, -0.1) is 0 Å². The molecule has 2 heteroatoms. The fraction of sp³-hybridized carbons (Fsp3) is 0.667. The molecule has 2 nitrogen and oxygen atoms in total. The first kappa shape index (κ1) is 14.1. The molecule has 0 amide bonds. The number of nitrogens with one attached hydrogen (secondary N) is 1. The Morgan fingerprint density at radius 2 is 2.10 bits per heavy atom. The van der Waals surface area contributed by atoms with E-state index in [1.807, 2.05) is 0 Å². The van der Waals surface area contributed by atoms with Gasteiger partial charge < -0.3 is 5.32 Å². The van der Waals surface area contributed by atoms with Crippen LogP contribution in [0.15, 0.2) is 18.2 Å². The number of fused-ring (bicyclic) bond motifs is 1. The lowest BCUT2D eigenvalue weighted by Crippen LogP contribution is -2.54. The molecular formula is C18H28N2. The lowest BCUT2D eigenvalue weighted by molar-refractivity contribution is 0.129. The Morgan fingerprint density at radius 3 is 2.95 bits per heavy atom. The fourth-order valence-electron chi connectivity index (χ4n) is 3.71. The molecule has 0 aromatic heterocycles. The van der Waals surface area contributed by atoms with Crippen molar-refractivity contribution in [1.29, 1.82) is 0 Å². The number of rotatable bonds is 4. The highest BCUT2D eigenvalue weighted by Crippen LogP contribution is 2.24. The lowest BCUT2D eigenvalue weighted by Gasteiger charge is -2.39. The van der Waals surface area contributed by atoms with Gasteiger partial charge in [0.2, 0.25) is 0 Å². The summed E-state index contributed by atoms with van der Waals surface area (Å²) in [7, 11) is 0. The van der Waals surface area contributed by atoms with Crippen LogP contribution in [0.3, 0.4) is 0 Å². The van der Waals surface area contributed by atoms with Crippen LogP contribution in [-0.4, -0.2) is 30.1 Å². The van der Waals surface area contributed by atoms with Gasteiger partial charge in [-0.1, -0.05) is 31.5 Å². The normalized spacial score (nSPS) is 26.7. The van der Waals surface area contributed by atoms with E-state index in [9.17, 15) is 0 Å². The van der Waals surface area contributed by atoms with Crippen molar-refractivity contribution in [2.24, 2.45) is 0 Å². The molecule has 2 unspecified atom stereocenters. The minimum Gasteiger partial charge on any atom is -0.311 e. The van der Waals surface area contributed by atoms with Gasteiger partial charge in [-0.25, -0.2) is 0 Å². The van der Waals surface area contributed by atoms with E-state index in [-0.39, 0.29) is 0 Å². The summed E-state index contributed by atoms with van der Waals surface area (Å²) in [5, 5.41) is 3.69. The molecule has 1 saturated heterocycles. The van der Waals surface area contributed by atoms with Crippen molar-refractivity contribution in [2.45, 2.75) is 64.6 Å². The minimum absolute atomic E-state index is 0.649. The number of hydrogen-bond donors (Lipinski definition) is 1. The van der Waals surface area contributed by atoms with Crippen LogP contribution >= 0.6 is 0 Å². The molecule has 2 atom stereocenters. The Balaban J connectivity index is 1.66. The van der Waals surface area contributed by atoms with Crippen LogP contribution in [0, 0.1) is 0 Å². The molecule has 20 heavy (non-hydrogen) atoms. The van der Waals surface area contributed by atoms with Gasteiger partial charge in [0.1, 0.15) is 0 Å². The van der Waals surface area contributed by atoms with Gasteiger partial charge in [0.15, 0.2) is 0 Å². The van der Waals surface area contributed by atoms with E-state index >= 15 is 0 Å². The van der Waals surface area contributed by atoms with Gasteiger partial charge in [-0.05, 0) is 49.3 Å². The Morgan fingerprint density at radius 1 is 1.25 bits per heavy atom. The second-order valence-electron chi connectivity index (χ2n) is 6.63. The third-order valence-corrected chi connectivity index (χ3v) is 4.97. The zero-order chi connectivity index (χ0) is 13.9. The average molecular weight is 272 g/mol. The van der Waals surface area contributed by atoms with Crippen molar-refractivity contribution >= 4 is 0 Å². The number of piperazine rings is 1. The molecule has 0 spiro atoms. The summed E-state index contributed by atoms with van der Waals surface area (Å²) >= 11 is 0. The van der Waals surface area contributed by atoms with Crippen molar-refractivity contribution in [3.8, 4) is 0 Å². The summed E-state index contributed by atoms with van der Waals surface area (Å²) in [4.78, 5) is 2.66. The number of benzene rings is 1. The molecule has 0 saturated carbocycles. The van der Waals surface area contributed by atoms with Crippen LogP contribution in [0.25, 0.3) is 0 Å². The van der Waals surface area contributed by atoms with E-state index in [2.05, 4.69) is 42.3 Å². The summed E-state index contributed by atoms with van der Waals surface area (Å²) in [6, 6.07) is 8.52. The van der Waals surface area contributed by atoms with Gasteiger partial charge in [0.25, 0.3) is 0 Å². The summed E-state index contributed by atoms with van der Waals surface area (Å²) in [6.07, 6.45) is 6.50. The lowest BCUT2D eigenvalue weighted by atomic mass is 10.0. The molecule has 0 radical (unpaired) electrons. The monoisotopic (exact) mass is 272 g/mol. The minimum atomic E-state index is 0.649. The summed E-state index contributed by atoms with van der Waals surface area (Å²) in [5.74, 6) is 0. The highest BCUT2D eigenvalue weighted by molar-refractivity contribution is 5.35. The van der Waals surface area contributed by atoms with Gasteiger partial charge >= 0.3 is 0 Å². The van der Waals surface area contributed by atoms with Crippen LogP contribution in [0.5, 0.6) is 0 Å². The maximum atomic E-state index is 3.69. The maximum absolute atomic E-state index is 3.69. The quantitative estimate of drug-likeness (QED) is 0.906. The second-order valence-corrected chi connectivity index (χ2v) is 6.63. The zero-order valence-electron chi connectivity index (χ0n) is 13.0. The largest absolute Gasteiger partial charge is 0.311 e. The van der Waals surface area contributed by atoms with E-state index in [4.69, 9.17) is 0 Å². The highest BCUT2D eigenvalue weighted by atomic mass is 15.2. The SMILES string of the molecule is CCCC1CN(Cc2ccc3c(c2)CCC3)C(C)CN1. The molecule has 1 aromatic rings. The second kappa shape index (κ2) is 6.28. The standard InChI is InChI=1S/C18H28N2/c1-3-5-18-13-20(14(2)11-19-18)12-15-8-9-16-6-4-7-17(16)10-15/h8-10,14,18-19H,3-7,11-13H2,1-2H3. The zero-order valence-corrected chi connectivity index (χ0v) is 13.0. The average Bonchev–Trinajstić information content (AvgIpc) is 2.90. The predicted octanol–water partition coefficient (Wildman–Crippen LogP) is 3.14. The number of aryl methyl sites for hydroxylation is 2. The van der Waals surface area contributed by atoms with E-state index in [0.717, 1.165) is 13.1 Å². The molecule has 1 heterocycles. The topological polar surface area (TPSA) is 15.3 Å². The van der Waals surface area contributed by atoms with Crippen LogP contribution in [0.2, 0.25) is 0 Å².